The lowest BCUT2D eigenvalue weighted by molar-refractivity contribution is 0.0952. The molecule has 172 valence electrons. The zero-order valence-electron chi connectivity index (χ0n) is 19.2. The molecule has 3 N–H and O–H groups in total. The fourth-order valence-corrected chi connectivity index (χ4v) is 4.40. The van der Waals surface area contributed by atoms with Crippen LogP contribution in [0.25, 0.3) is 22.0 Å². The van der Waals surface area contributed by atoms with Crippen molar-refractivity contribution in [3.63, 3.8) is 0 Å². The minimum Gasteiger partial charge on any atom is -0.442 e. The highest BCUT2D eigenvalue weighted by atomic mass is 16.3. The summed E-state index contributed by atoms with van der Waals surface area (Å²) in [7, 11) is 4.00. The van der Waals surface area contributed by atoms with Crippen LogP contribution in [0.5, 0.6) is 0 Å². The highest BCUT2D eigenvalue weighted by Gasteiger charge is 2.24. The summed E-state index contributed by atoms with van der Waals surface area (Å²) in [5, 5.41) is 4.29. The number of H-pyrrole nitrogens is 2. The smallest absolute Gasteiger partial charge is 0.262 e. The Hall–Kier alpha value is -4.33. The van der Waals surface area contributed by atoms with E-state index in [0.29, 0.717) is 12.3 Å². The van der Waals surface area contributed by atoms with Crippen LogP contribution in [0.15, 0.2) is 70.3 Å². The van der Waals surface area contributed by atoms with Gasteiger partial charge in [0.2, 0.25) is 5.71 Å². The van der Waals surface area contributed by atoms with Gasteiger partial charge < -0.3 is 24.6 Å². The maximum absolute atomic E-state index is 13.2. The first-order chi connectivity index (χ1) is 16.4. The Labute approximate surface area is 195 Å². The molecule has 1 unspecified atom stereocenters. The van der Waals surface area contributed by atoms with Crippen LogP contribution in [-0.2, 0) is 0 Å². The quantitative estimate of drug-likeness (QED) is 0.360. The molecule has 5 rings (SSSR count). The average Bonchev–Trinajstić information content (AvgIpc) is 3.41. The van der Waals surface area contributed by atoms with Gasteiger partial charge in [0.25, 0.3) is 11.5 Å². The Bertz CT molecular complexity index is 1540. The predicted molar refractivity (Wildman–Crippen MR) is 133 cm³/mol. The van der Waals surface area contributed by atoms with E-state index >= 15 is 0 Å². The van der Waals surface area contributed by atoms with Gasteiger partial charge in [0.1, 0.15) is 11.1 Å². The SMILES string of the molecule is Cc1oc2nc[nH]c(=O)c2c1C(=O)NCC(c1ccc(N(C)C)cc1)c1c[nH]c2ccccc12. The molecule has 0 aliphatic heterocycles. The largest absolute Gasteiger partial charge is 0.442 e. The minimum absolute atomic E-state index is 0.105. The fourth-order valence-electron chi connectivity index (χ4n) is 4.40. The standard InChI is InChI=1S/C26H25N5O3/c1-15-22(23-25(33)29-14-30-26(23)34-15)24(32)28-12-19(16-8-10-17(11-9-16)31(2)3)20-13-27-21-7-5-4-6-18(20)21/h4-11,13-14,19,27H,12H2,1-3H3,(H,28,32)(H,29,30,33). The molecule has 1 amide bonds. The third-order valence-electron chi connectivity index (χ3n) is 6.17. The number of aromatic nitrogens is 3. The van der Waals surface area contributed by atoms with Crippen molar-refractivity contribution in [2.45, 2.75) is 12.8 Å². The molecule has 0 aliphatic carbocycles. The summed E-state index contributed by atoms with van der Waals surface area (Å²) in [5.74, 6) is -0.119. The molecule has 5 aromatic rings. The summed E-state index contributed by atoms with van der Waals surface area (Å²) < 4.78 is 5.56. The normalized spacial score (nSPS) is 12.2. The lowest BCUT2D eigenvalue weighted by Crippen LogP contribution is -2.30. The van der Waals surface area contributed by atoms with Crippen molar-refractivity contribution in [1.29, 1.82) is 0 Å². The second-order valence-electron chi connectivity index (χ2n) is 8.48. The van der Waals surface area contributed by atoms with Gasteiger partial charge in [-0.05, 0) is 36.2 Å². The van der Waals surface area contributed by atoms with E-state index in [1.165, 1.54) is 6.33 Å². The number of nitrogens with zero attached hydrogens (tertiary/aromatic N) is 2. The van der Waals surface area contributed by atoms with Crippen LogP contribution in [0, 0.1) is 6.92 Å². The number of fused-ring (bicyclic) bond motifs is 2. The molecule has 8 nitrogen and oxygen atoms in total. The zero-order valence-corrected chi connectivity index (χ0v) is 19.2. The summed E-state index contributed by atoms with van der Waals surface area (Å²) in [6, 6.07) is 16.4. The van der Waals surface area contributed by atoms with E-state index in [4.69, 9.17) is 4.42 Å². The number of para-hydroxylation sites is 1. The average molecular weight is 456 g/mol. The van der Waals surface area contributed by atoms with Crippen molar-refractivity contribution in [2.24, 2.45) is 0 Å². The predicted octanol–water partition coefficient (Wildman–Crippen LogP) is 3.93. The van der Waals surface area contributed by atoms with E-state index in [9.17, 15) is 9.59 Å². The molecule has 0 spiro atoms. The number of hydrogen-bond acceptors (Lipinski definition) is 5. The van der Waals surface area contributed by atoms with Gasteiger partial charge in [-0.2, -0.15) is 0 Å². The lowest BCUT2D eigenvalue weighted by atomic mass is 9.90. The van der Waals surface area contributed by atoms with Crippen molar-refractivity contribution in [3.8, 4) is 0 Å². The van der Waals surface area contributed by atoms with Crippen LogP contribution >= 0.6 is 0 Å². The van der Waals surface area contributed by atoms with Crippen LogP contribution in [0.2, 0.25) is 0 Å². The minimum atomic E-state index is -0.403. The molecule has 0 fully saturated rings. The molecule has 3 heterocycles. The number of carbonyl (C=O) groups is 1. The number of amides is 1. The summed E-state index contributed by atoms with van der Waals surface area (Å²) in [6.45, 7) is 2.00. The Morgan fingerprint density at radius 2 is 1.88 bits per heavy atom. The maximum atomic E-state index is 13.2. The highest BCUT2D eigenvalue weighted by Crippen LogP contribution is 2.32. The van der Waals surface area contributed by atoms with Gasteiger partial charge in [-0.1, -0.05) is 30.3 Å². The number of furan rings is 1. The zero-order chi connectivity index (χ0) is 23.8. The molecular formula is C26H25N5O3. The number of nitrogens with one attached hydrogen (secondary N) is 3. The third-order valence-corrected chi connectivity index (χ3v) is 6.17. The van der Waals surface area contributed by atoms with E-state index in [2.05, 4.69) is 50.6 Å². The number of benzene rings is 2. The Balaban J connectivity index is 1.51. The second-order valence-corrected chi connectivity index (χ2v) is 8.48. The number of hydrogen-bond donors (Lipinski definition) is 3. The third kappa shape index (κ3) is 3.73. The molecule has 0 radical (unpaired) electrons. The number of rotatable bonds is 6. The van der Waals surface area contributed by atoms with Gasteiger partial charge in [0.15, 0.2) is 0 Å². The number of aryl methyl sites for hydroxylation is 1. The summed E-state index contributed by atoms with van der Waals surface area (Å²) >= 11 is 0. The van der Waals surface area contributed by atoms with Gasteiger partial charge in [0.05, 0.1) is 11.9 Å². The molecular weight excluding hydrogens is 430 g/mol. The monoisotopic (exact) mass is 455 g/mol. The van der Waals surface area contributed by atoms with Gasteiger partial charge >= 0.3 is 0 Å². The fraction of sp³-hybridized carbons (Fsp3) is 0.192. The van der Waals surface area contributed by atoms with Gasteiger partial charge in [-0.3, -0.25) is 9.59 Å². The van der Waals surface area contributed by atoms with E-state index in [1.54, 1.807) is 6.92 Å². The van der Waals surface area contributed by atoms with E-state index in [1.807, 2.05) is 43.4 Å². The first-order valence-corrected chi connectivity index (χ1v) is 11.0. The Morgan fingerprint density at radius 3 is 2.65 bits per heavy atom. The van der Waals surface area contributed by atoms with Crippen molar-refractivity contribution in [2.75, 3.05) is 25.5 Å². The molecule has 1 atom stereocenters. The number of anilines is 1. The molecule has 2 aromatic carbocycles. The van der Waals surface area contributed by atoms with Gasteiger partial charge in [-0.25, -0.2) is 4.98 Å². The topological polar surface area (TPSA) is 107 Å². The second kappa shape index (κ2) is 8.55. The maximum Gasteiger partial charge on any atom is 0.262 e. The van der Waals surface area contributed by atoms with Crippen LogP contribution in [-0.4, -0.2) is 41.5 Å². The Morgan fingerprint density at radius 1 is 1.12 bits per heavy atom. The number of carbonyl (C=O) groups excluding carboxylic acids is 1. The van der Waals surface area contributed by atoms with Crippen molar-refractivity contribution >= 4 is 33.6 Å². The molecule has 3 aromatic heterocycles. The molecule has 8 heteroatoms. The molecule has 34 heavy (non-hydrogen) atoms. The van der Waals surface area contributed by atoms with E-state index in [-0.39, 0.29) is 28.5 Å². The molecule has 0 saturated heterocycles. The molecule has 0 saturated carbocycles. The van der Waals surface area contributed by atoms with Crippen LogP contribution in [0.4, 0.5) is 5.69 Å². The first kappa shape index (κ1) is 21.5. The summed E-state index contributed by atoms with van der Waals surface area (Å²) in [5.41, 5.74) is 4.25. The first-order valence-electron chi connectivity index (χ1n) is 11.0. The van der Waals surface area contributed by atoms with E-state index < -0.39 is 5.56 Å². The van der Waals surface area contributed by atoms with Gasteiger partial charge in [-0.15, -0.1) is 0 Å². The molecule has 0 bridgehead atoms. The molecule has 0 aliphatic rings. The van der Waals surface area contributed by atoms with Gasteiger partial charge in [0, 0.05) is 49.3 Å². The van der Waals surface area contributed by atoms with Crippen molar-refractivity contribution in [3.05, 3.63) is 93.9 Å². The van der Waals surface area contributed by atoms with Crippen LogP contribution in [0.3, 0.4) is 0 Å². The van der Waals surface area contributed by atoms with E-state index in [0.717, 1.165) is 27.7 Å². The van der Waals surface area contributed by atoms with Crippen molar-refractivity contribution < 1.29 is 9.21 Å². The summed E-state index contributed by atoms with van der Waals surface area (Å²) in [6.07, 6.45) is 3.26. The summed E-state index contributed by atoms with van der Waals surface area (Å²) in [4.78, 5) is 37.5. The number of aromatic amines is 2. The lowest BCUT2D eigenvalue weighted by Gasteiger charge is -2.20. The highest BCUT2D eigenvalue weighted by molar-refractivity contribution is 6.06. The van der Waals surface area contributed by atoms with Crippen molar-refractivity contribution in [1.82, 2.24) is 20.3 Å². The van der Waals surface area contributed by atoms with Crippen LogP contribution in [0.1, 0.15) is 33.2 Å². The Kier molecular flexibility index (Phi) is 5.41. The van der Waals surface area contributed by atoms with Crippen LogP contribution < -0.4 is 15.8 Å².